The summed E-state index contributed by atoms with van der Waals surface area (Å²) in [7, 11) is 0. The molecule has 0 heterocycles. The molecule has 82 valence electrons. The number of rotatable bonds is 6. The van der Waals surface area contributed by atoms with Crippen LogP contribution in [0.15, 0.2) is 0 Å². The maximum Gasteiger partial charge on any atom is 0.410 e. The topological polar surface area (TPSA) is 46.6 Å². The number of ether oxygens (including phenoxy) is 1. The molecule has 14 heavy (non-hydrogen) atoms. The summed E-state index contributed by atoms with van der Waals surface area (Å²) in [5, 5.41) is 0.270. The third-order valence-electron chi connectivity index (χ3n) is 1.54. The van der Waals surface area contributed by atoms with Crippen LogP contribution in [0, 0.1) is 0 Å². The van der Waals surface area contributed by atoms with Crippen LogP contribution in [-0.4, -0.2) is 41.8 Å². The Hall–Kier alpha value is -0.580. The van der Waals surface area contributed by atoms with E-state index in [0.717, 1.165) is 6.42 Å². The molecule has 0 bridgehead atoms. The average molecular weight is 266 g/mol. The molecule has 0 aliphatic rings. The minimum atomic E-state index is -0.413. The summed E-state index contributed by atoms with van der Waals surface area (Å²) >= 11 is 3.05. The largest absolute Gasteiger partial charge is 0.450 e. The number of amides is 1. The first-order chi connectivity index (χ1) is 6.65. The van der Waals surface area contributed by atoms with Crippen molar-refractivity contribution in [2.45, 2.75) is 20.3 Å². The van der Waals surface area contributed by atoms with Crippen molar-refractivity contribution < 1.29 is 14.3 Å². The van der Waals surface area contributed by atoms with E-state index in [0.29, 0.717) is 13.2 Å². The monoisotopic (exact) mass is 265 g/mol. The molecular formula is C9H16BrNO3. The molecule has 0 aromatic rings. The molecule has 0 saturated heterocycles. The van der Waals surface area contributed by atoms with Crippen molar-refractivity contribution in [2.75, 3.05) is 25.0 Å². The van der Waals surface area contributed by atoms with Crippen molar-refractivity contribution >= 4 is 27.8 Å². The highest BCUT2D eigenvalue weighted by molar-refractivity contribution is 9.09. The third-order valence-corrected chi connectivity index (χ3v) is 2.16. The van der Waals surface area contributed by atoms with Crippen LogP contribution in [0.2, 0.25) is 0 Å². The Morgan fingerprint density at radius 3 is 2.43 bits per heavy atom. The van der Waals surface area contributed by atoms with E-state index in [1.807, 2.05) is 6.92 Å². The summed E-state index contributed by atoms with van der Waals surface area (Å²) in [5.41, 5.74) is 0. The summed E-state index contributed by atoms with van der Waals surface area (Å²) in [6, 6.07) is 0. The van der Waals surface area contributed by atoms with E-state index in [-0.39, 0.29) is 17.7 Å². The van der Waals surface area contributed by atoms with Gasteiger partial charge in [0.05, 0.1) is 18.5 Å². The quantitative estimate of drug-likeness (QED) is 0.689. The molecule has 0 atom stereocenters. The van der Waals surface area contributed by atoms with Gasteiger partial charge in [0.25, 0.3) is 0 Å². The van der Waals surface area contributed by atoms with Crippen molar-refractivity contribution in [3.05, 3.63) is 0 Å². The Balaban J connectivity index is 4.13. The molecule has 0 saturated carbocycles. The fourth-order valence-electron chi connectivity index (χ4n) is 0.975. The normalized spacial score (nSPS) is 9.64. The lowest BCUT2D eigenvalue weighted by Crippen LogP contribution is -2.37. The molecule has 0 rings (SSSR count). The molecule has 0 aromatic heterocycles. The van der Waals surface area contributed by atoms with Gasteiger partial charge in [0, 0.05) is 6.54 Å². The Morgan fingerprint density at radius 1 is 1.36 bits per heavy atom. The summed E-state index contributed by atoms with van der Waals surface area (Å²) in [5.74, 6) is -0.0218. The van der Waals surface area contributed by atoms with Crippen molar-refractivity contribution in [2.24, 2.45) is 0 Å². The summed E-state index contributed by atoms with van der Waals surface area (Å²) in [6.07, 6.45) is 0.401. The van der Waals surface area contributed by atoms with Gasteiger partial charge in [-0.25, -0.2) is 4.79 Å². The number of hydrogen-bond acceptors (Lipinski definition) is 3. The van der Waals surface area contributed by atoms with Crippen LogP contribution in [0.1, 0.15) is 20.3 Å². The highest BCUT2D eigenvalue weighted by Gasteiger charge is 2.16. The van der Waals surface area contributed by atoms with Crippen LogP contribution in [0.25, 0.3) is 0 Å². The molecule has 0 N–H and O–H groups in total. The first kappa shape index (κ1) is 13.4. The fraction of sp³-hybridized carbons (Fsp3) is 0.778. The van der Waals surface area contributed by atoms with Gasteiger partial charge in [0.1, 0.15) is 0 Å². The van der Waals surface area contributed by atoms with Gasteiger partial charge in [-0.1, -0.05) is 22.9 Å². The lowest BCUT2D eigenvalue weighted by atomic mass is 10.3. The SMILES string of the molecule is CCCN(CC(=O)CBr)C(=O)OCC. The number of carbonyl (C=O) groups excluding carboxylic acids is 2. The van der Waals surface area contributed by atoms with Crippen LogP contribution in [0.3, 0.4) is 0 Å². The van der Waals surface area contributed by atoms with Gasteiger partial charge in [-0.05, 0) is 13.3 Å². The summed E-state index contributed by atoms with van der Waals surface area (Å²) < 4.78 is 4.82. The highest BCUT2D eigenvalue weighted by Crippen LogP contribution is 1.98. The molecule has 0 aliphatic carbocycles. The Labute approximate surface area is 92.7 Å². The lowest BCUT2D eigenvalue weighted by molar-refractivity contribution is -0.117. The minimum Gasteiger partial charge on any atom is -0.450 e. The fourth-order valence-corrected chi connectivity index (χ4v) is 1.15. The molecule has 0 unspecified atom stereocenters. The van der Waals surface area contributed by atoms with Gasteiger partial charge in [0.15, 0.2) is 5.78 Å². The van der Waals surface area contributed by atoms with Crippen molar-refractivity contribution in [1.29, 1.82) is 0 Å². The van der Waals surface area contributed by atoms with Gasteiger partial charge >= 0.3 is 6.09 Å². The van der Waals surface area contributed by atoms with Crippen LogP contribution >= 0.6 is 15.9 Å². The number of ketones is 1. The number of hydrogen-bond donors (Lipinski definition) is 0. The molecular weight excluding hydrogens is 250 g/mol. The van der Waals surface area contributed by atoms with E-state index < -0.39 is 6.09 Å². The molecule has 0 spiro atoms. The maximum atomic E-state index is 11.3. The van der Waals surface area contributed by atoms with E-state index in [4.69, 9.17) is 4.74 Å². The van der Waals surface area contributed by atoms with Crippen LogP contribution < -0.4 is 0 Å². The van der Waals surface area contributed by atoms with E-state index in [1.54, 1.807) is 6.92 Å². The Kier molecular flexibility index (Phi) is 7.47. The molecule has 0 fully saturated rings. The molecule has 1 amide bonds. The number of Topliss-reactive ketones (excluding diaryl/α,β-unsaturated/α-hetero) is 1. The lowest BCUT2D eigenvalue weighted by Gasteiger charge is -2.19. The minimum absolute atomic E-state index is 0.0218. The van der Waals surface area contributed by atoms with Crippen LogP contribution in [0.5, 0.6) is 0 Å². The van der Waals surface area contributed by atoms with E-state index in [2.05, 4.69) is 15.9 Å². The molecule has 0 radical (unpaired) electrons. The summed E-state index contributed by atoms with van der Waals surface area (Å²) in [4.78, 5) is 23.9. The molecule has 0 aliphatic heterocycles. The summed E-state index contributed by atoms with van der Waals surface area (Å²) in [6.45, 7) is 4.70. The number of alkyl halides is 1. The third kappa shape index (κ3) is 5.21. The van der Waals surface area contributed by atoms with Crippen molar-refractivity contribution in [3.8, 4) is 0 Å². The second-order valence-corrected chi connectivity index (χ2v) is 3.35. The first-order valence-corrected chi connectivity index (χ1v) is 5.77. The molecule has 4 nitrogen and oxygen atoms in total. The first-order valence-electron chi connectivity index (χ1n) is 4.65. The van der Waals surface area contributed by atoms with Crippen LogP contribution in [-0.2, 0) is 9.53 Å². The van der Waals surface area contributed by atoms with Gasteiger partial charge in [-0.15, -0.1) is 0 Å². The highest BCUT2D eigenvalue weighted by atomic mass is 79.9. The molecule has 0 aromatic carbocycles. The predicted molar refractivity (Wildman–Crippen MR) is 57.7 cm³/mol. The average Bonchev–Trinajstić information content (AvgIpc) is 2.17. The second-order valence-electron chi connectivity index (χ2n) is 2.79. The Bertz CT molecular complexity index is 196. The van der Waals surface area contributed by atoms with Crippen molar-refractivity contribution in [1.82, 2.24) is 4.90 Å². The van der Waals surface area contributed by atoms with E-state index in [1.165, 1.54) is 4.90 Å². The van der Waals surface area contributed by atoms with Gasteiger partial charge in [0.2, 0.25) is 0 Å². The van der Waals surface area contributed by atoms with E-state index >= 15 is 0 Å². The predicted octanol–water partition coefficient (Wildman–Crippen LogP) is 1.82. The molecule has 5 heteroatoms. The second kappa shape index (κ2) is 7.79. The smallest absolute Gasteiger partial charge is 0.410 e. The van der Waals surface area contributed by atoms with E-state index in [9.17, 15) is 9.59 Å². The van der Waals surface area contributed by atoms with Crippen molar-refractivity contribution in [3.63, 3.8) is 0 Å². The number of halogens is 1. The van der Waals surface area contributed by atoms with Gasteiger partial charge < -0.3 is 9.64 Å². The zero-order valence-electron chi connectivity index (χ0n) is 8.59. The van der Waals surface area contributed by atoms with Gasteiger partial charge in [-0.3, -0.25) is 4.79 Å². The standard InChI is InChI=1S/C9H16BrNO3/c1-3-5-11(7-8(12)6-10)9(13)14-4-2/h3-7H2,1-2H3. The van der Waals surface area contributed by atoms with Gasteiger partial charge in [-0.2, -0.15) is 0 Å². The number of nitrogens with zero attached hydrogens (tertiary/aromatic N) is 1. The Morgan fingerprint density at radius 2 is 2.00 bits per heavy atom. The zero-order chi connectivity index (χ0) is 11.0. The number of carbonyl (C=O) groups is 2. The zero-order valence-corrected chi connectivity index (χ0v) is 10.2. The van der Waals surface area contributed by atoms with Crippen LogP contribution in [0.4, 0.5) is 4.79 Å². The maximum absolute atomic E-state index is 11.3.